The van der Waals surface area contributed by atoms with Crippen molar-refractivity contribution in [1.82, 2.24) is 10.2 Å². The van der Waals surface area contributed by atoms with Gasteiger partial charge in [0, 0.05) is 12.1 Å². The van der Waals surface area contributed by atoms with Crippen molar-refractivity contribution in [2.75, 3.05) is 27.2 Å². The van der Waals surface area contributed by atoms with Crippen LogP contribution in [0.2, 0.25) is 0 Å². The molecular weight excluding hydrogens is 183 g/mol. The van der Waals surface area contributed by atoms with Crippen molar-refractivity contribution < 1.29 is 0 Å². The van der Waals surface area contributed by atoms with Crippen molar-refractivity contribution in [2.24, 2.45) is 5.92 Å². The topological polar surface area (TPSA) is 15.3 Å². The van der Waals surface area contributed by atoms with Crippen LogP contribution < -0.4 is 5.32 Å². The second-order valence-corrected chi connectivity index (χ2v) is 3.53. The van der Waals surface area contributed by atoms with E-state index in [4.69, 9.17) is 0 Å². The van der Waals surface area contributed by atoms with Gasteiger partial charge in [0.15, 0.2) is 0 Å². The van der Waals surface area contributed by atoms with Crippen LogP contribution in [0.5, 0.6) is 0 Å². The average Bonchev–Trinajstić information content (AvgIpc) is 2.38. The molecule has 0 aromatic carbocycles. The van der Waals surface area contributed by atoms with Gasteiger partial charge in [-0.05, 0) is 33.0 Å². The largest absolute Gasteiger partial charge is 0.315 e. The summed E-state index contributed by atoms with van der Waals surface area (Å²) in [4.78, 5) is 2.37. The van der Waals surface area contributed by atoms with E-state index in [1.165, 1.54) is 19.5 Å². The maximum Gasteiger partial charge on any atom is 0.0372 e. The highest BCUT2D eigenvalue weighted by Crippen LogP contribution is 2.49. The summed E-state index contributed by atoms with van der Waals surface area (Å²) in [5.41, 5.74) is 0.583. The van der Waals surface area contributed by atoms with Crippen LogP contribution in [0.4, 0.5) is 0 Å². The Kier molecular flexibility index (Phi) is 3.64. The highest BCUT2D eigenvalue weighted by Gasteiger charge is 2.58. The standard InChI is InChI=1S/C7H14N2.2ClH/c1-9(2)7-3-6(7)4-8-5-7;;/h6,8H,3-5H2,1-2H3;2*1H. The van der Waals surface area contributed by atoms with Crippen LogP contribution in [0.1, 0.15) is 6.42 Å². The van der Waals surface area contributed by atoms with E-state index < -0.39 is 0 Å². The summed E-state index contributed by atoms with van der Waals surface area (Å²) in [6, 6.07) is 0. The molecule has 0 bridgehead atoms. The summed E-state index contributed by atoms with van der Waals surface area (Å²) in [5.74, 6) is 0.965. The molecule has 2 fully saturated rings. The van der Waals surface area contributed by atoms with Crippen LogP contribution in [0.3, 0.4) is 0 Å². The molecule has 68 valence electrons. The number of hydrogen-bond donors (Lipinski definition) is 1. The smallest absolute Gasteiger partial charge is 0.0372 e. The van der Waals surface area contributed by atoms with Crippen molar-refractivity contribution in [3.63, 3.8) is 0 Å². The van der Waals surface area contributed by atoms with Gasteiger partial charge in [-0.1, -0.05) is 0 Å². The molecule has 4 heteroatoms. The number of likely N-dealkylation sites (N-methyl/N-ethyl adjacent to an activating group) is 1. The highest BCUT2D eigenvalue weighted by atomic mass is 35.5. The van der Waals surface area contributed by atoms with Crippen molar-refractivity contribution in [1.29, 1.82) is 0 Å². The average molecular weight is 199 g/mol. The third kappa shape index (κ3) is 1.50. The Morgan fingerprint density at radius 3 is 2.18 bits per heavy atom. The predicted molar refractivity (Wildman–Crippen MR) is 51.9 cm³/mol. The second kappa shape index (κ2) is 3.48. The Hall–Kier alpha value is 0.500. The number of piperidine rings is 1. The number of nitrogens with one attached hydrogen (secondary N) is 1. The van der Waals surface area contributed by atoms with E-state index in [0.29, 0.717) is 5.54 Å². The first-order chi connectivity index (χ1) is 4.26. The lowest BCUT2D eigenvalue weighted by Crippen LogP contribution is -2.35. The quantitative estimate of drug-likeness (QED) is 0.670. The molecule has 2 aliphatic rings. The van der Waals surface area contributed by atoms with Crippen molar-refractivity contribution in [3.8, 4) is 0 Å². The van der Waals surface area contributed by atoms with E-state index in [1.54, 1.807) is 0 Å². The van der Waals surface area contributed by atoms with Crippen LogP contribution in [-0.2, 0) is 0 Å². The van der Waals surface area contributed by atoms with Crippen LogP contribution in [0.15, 0.2) is 0 Å². The van der Waals surface area contributed by atoms with E-state index >= 15 is 0 Å². The summed E-state index contributed by atoms with van der Waals surface area (Å²) in [7, 11) is 4.38. The number of hydrogen-bond acceptors (Lipinski definition) is 2. The lowest BCUT2D eigenvalue weighted by molar-refractivity contribution is 0.274. The number of rotatable bonds is 1. The molecule has 1 heterocycles. The summed E-state index contributed by atoms with van der Waals surface area (Å²) in [6.45, 7) is 2.46. The highest BCUT2D eigenvalue weighted by molar-refractivity contribution is 5.85. The minimum Gasteiger partial charge on any atom is -0.315 e. The SMILES string of the molecule is CN(C)C12CNCC1C2.Cl.Cl. The second-order valence-electron chi connectivity index (χ2n) is 3.53. The van der Waals surface area contributed by atoms with E-state index in [-0.39, 0.29) is 24.8 Å². The van der Waals surface area contributed by atoms with E-state index in [0.717, 1.165) is 5.92 Å². The van der Waals surface area contributed by atoms with Crippen molar-refractivity contribution in [3.05, 3.63) is 0 Å². The molecule has 0 aromatic rings. The molecule has 2 unspecified atom stereocenters. The van der Waals surface area contributed by atoms with Crippen LogP contribution in [-0.4, -0.2) is 37.6 Å². The molecule has 0 spiro atoms. The fraction of sp³-hybridized carbons (Fsp3) is 1.00. The Morgan fingerprint density at radius 2 is 2.00 bits per heavy atom. The van der Waals surface area contributed by atoms with Gasteiger partial charge in [-0.3, -0.25) is 0 Å². The molecule has 2 nitrogen and oxygen atoms in total. The van der Waals surface area contributed by atoms with Gasteiger partial charge in [-0.25, -0.2) is 0 Å². The van der Waals surface area contributed by atoms with Gasteiger partial charge in [-0.15, -0.1) is 24.8 Å². The molecule has 1 N–H and O–H groups in total. The summed E-state index contributed by atoms with van der Waals surface area (Å²) >= 11 is 0. The molecule has 1 aliphatic carbocycles. The maximum atomic E-state index is 3.40. The fourth-order valence-corrected chi connectivity index (χ4v) is 2.02. The normalized spacial score (nSPS) is 39.0. The third-order valence-electron chi connectivity index (χ3n) is 2.91. The number of nitrogens with zero attached hydrogens (tertiary/aromatic N) is 1. The minimum atomic E-state index is 0. The molecule has 11 heavy (non-hydrogen) atoms. The predicted octanol–water partition coefficient (Wildman–Crippen LogP) is 0.753. The molecule has 1 saturated carbocycles. The molecule has 2 rings (SSSR count). The molecule has 2 atom stereocenters. The summed E-state index contributed by atoms with van der Waals surface area (Å²) in [5, 5.41) is 3.40. The van der Waals surface area contributed by atoms with Gasteiger partial charge < -0.3 is 10.2 Å². The first kappa shape index (κ1) is 11.5. The zero-order valence-electron chi connectivity index (χ0n) is 6.96. The molecule has 0 amide bonds. The Morgan fingerprint density at radius 1 is 1.36 bits per heavy atom. The lowest BCUT2D eigenvalue weighted by atomic mass is 10.2. The Labute approximate surface area is 80.5 Å². The van der Waals surface area contributed by atoms with Crippen molar-refractivity contribution >= 4 is 24.8 Å². The summed E-state index contributed by atoms with van der Waals surface area (Å²) in [6.07, 6.45) is 1.42. The van der Waals surface area contributed by atoms with Crippen LogP contribution >= 0.6 is 24.8 Å². The lowest BCUT2D eigenvalue weighted by Gasteiger charge is -2.20. The van der Waals surface area contributed by atoms with Crippen LogP contribution in [0, 0.1) is 5.92 Å². The van der Waals surface area contributed by atoms with Gasteiger partial charge in [0.05, 0.1) is 0 Å². The first-order valence-corrected chi connectivity index (χ1v) is 3.64. The number of halogens is 2. The molecule has 0 aromatic heterocycles. The van der Waals surface area contributed by atoms with Gasteiger partial charge in [0.25, 0.3) is 0 Å². The zero-order valence-corrected chi connectivity index (χ0v) is 8.60. The van der Waals surface area contributed by atoms with Crippen LogP contribution in [0.25, 0.3) is 0 Å². The fourth-order valence-electron chi connectivity index (χ4n) is 2.02. The Balaban J connectivity index is 0.000000500. The molecule has 0 radical (unpaired) electrons. The van der Waals surface area contributed by atoms with E-state index in [1.807, 2.05) is 0 Å². The van der Waals surface area contributed by atoms with E-state index in [9.17, 15) is 0 Å². The molecule has 1 aliphatic heterocycles. The van der Waals surface area contributed by atoms with Gasteiger partial charge in [0.1, 0.15) is 0 Å². The maximum absolute atomic E-state index is 3.40. The van der Waals surface area contributed by atoms with Crippen molar-refractivity contribution in [2.45, 2.75) is 12.0 Å². The van der Waals surface area contributed by atoms with Gasteiger partial charge >= 0.3 is 0 Å². The first-order valence-electron chi connectivity index (χ1n) is 3.64. The zero-order chi connectivity index (χ0) is 6.48. The van der Waals surface area contributed by atoms with E-state index in [2.05, 4.69) is 24.3 Å². The molecular formula is C7H16Cl2N2. The minimum absolute atomic E-state index is 0. The monoisotopic (exact) mass is 198 g/mol. The van der Waals surface area contributed by atoms with Gasteiger partial charge in [0.2, 0.25) is 0 Å². The third-order valence-corrected chi connectivity index (χ3v) is 2.91. The van der Waals surface area contributed by atoms with Gasteiger partial charge in [-0.2, -0.15) is 0 Å². The number of fused-ring (bicyclic) bond motifs is 1. The molecule has 1 saturated heterocycles. The summed E-state index contributed by atoms with van der Waals surface area (Å²) < 4.78 is 0. The Bertz CT molecular complexity index is 136.